The molecule has 1 amide bonds. The summed E-state index contributed by atoms with van der Waals surface area (Å²) < 4.78 is 20.7. The van der Waals surface area contributed by atoms with E-state index in [4.69, 9.17) is 4.52 Å². The van der Waals surface area contributed by atoms with E-state index in [-0.39, 0.29) is 23.5 Å². The Kier molecular flexibility index (Phi) is 4.25. The molecule has 7 nitrogen and oxygen atoms in total. The first-order chi connectivity index (χ1) is 12.9. The average molecular weight is 369 g/mol. The van der Waals surface area contributed by atoms with Gasteiger partial charge in [-0.15, -0.1) is 0 Å². The topological polar surface area (TPSA) is 77.1 Å². The van der Waals surface area contributed by atoms with E-state index in [1.165, 1.54) is 12.1 Å². The van der Waals surface area contributed by atoms with E-state index in [9.17, 15) is 9.18 Å². The molecule has 0 saturated carbocycles. The van der Waals surface area contributed by atoms with Crippen LogP contribution in [0.25, 0.3) is 23.0 Å². The number of halogens is 1. The van der Waals surface area contributed by atoms with Gasteiger partial charge in [-0.25, -0.2) is 4.39 Å². The van der Waals surface area contributed by atoms with Crippen LogP contribution in [0.2, 0.25) is 0 Å². The zero-order valence-electron chi connectivity index (χ0n) is 15.4. The number of hydrogen-bond donors (Lipinski definition) is 0. The van der Waals surface area contributed by atoms with Crippen molar-refractivity contribution in [2.24, 2.45) is 13.0 Å². The molecule has 0 N–H and O–H groups in total. The largest absolute Gasteiger partial charge is 0.338 e. The summed E-state index contributed by atoms with van der Waals surface area (Å²) in [5.41, 5.74) is 3.09. The number of nitrogens with zero attached hydrogens (tertiary/aromatic N) is 5. The van der Waals surface area contributed by atoms with Crippen molar-refractivity contribution in [1.82, 2.24) is 24.8 Å². The second kappa shape index (κ2) is 6.61. The number of benzene rings is 1. The molecular formula is C19H20FN5O2. The standard InChI is InChI=1S/C19H20FN5O2/c1-11(2)19(26)25-8-7-15-14(10-25)16(22-24(15)3)18-21-17(23-27-18)12-5-4-6-13(20)9-12/h4-6,9,11H,7-8,10H2,1-3H3. The lowest BCUT2D eigenvalue weighted by atomic mass is 10.0. The monoisotopic (exact) mass is 369 g/mol. The van der Waals surface area contributed by atoms with Gasteiger partial charge in [0, 0.05) is 49.3 Å². The first-order valence-corrected chi connectivity index (χ1v) is 8.87. The molecule has 1 aromatic carbocycles. The van der Waals surface area contributed by atoms with Crippen LogP contribution in [0.5, 0.6) is 0 Å². The van der Waals surface area contributed by atoms with Gasteiger partial charge in [-0.2, -0.15) is 10.1 Å². The molecule has 4 rings (SSSR count). The van der Waals surface area contributed by atoms with Crippen molar-refractivity contribution in [2.75, 3.05) is 6.54 Å². The number of amides is 1. The zero-order valence-corrected chi connectivity index (χ0v) is 15.4. The zero-order chi connectivity index (χ0) is 19.1. The number of aryl methyl sites for hydroxylation is 1. The summed E-state index contributed by atoms with van der Waals surface area (Å²) in [6, 6.07) is 6.03. The summed E-state index contributed by atoms with van der Waals surface area (Å²) >= 11 is 0. The third-order valence-corrected chi connectivity index (χ3v) is 4.76. The Hall–Kier alpha value is -3.03. The smallest absolute Gasteiger partial charge is 0.279 e. The van der Waals surface area contributed by atoms with E-state index in [0.717, 1.165) is 17.7 Å². The Morgan fingerprint density at radius 2 is 2.15 bits per heavy atom. The molecule has 1 aliphatic heterocycles. The van der Waals surface area contributed by atoms with E-state index < -0.39 is 0 Å². The normalized spacial score (nSPS) is 13.9. The van der Waals surface area contributed by atoms with Crippen molar-refractivity contribution >= 4 is 5.91 Å². The van der Waals surface area contributed by atoms with E-state index in [1.807, 2.05) is 25.8 Å². The SMILES string of the molecule is CC(C)C(=O)N1CCc2c(c(-c3nc(-c4cccc(F)c4)no3)nn2C)C1. The molecule has 3 aromatic rings. The van der Waals surface area contributed by atoms with Crippen LogP contribution >= 0.6 is 0 Å². The van der Waals surface area contributed by atoms with Crippen molar-refractivity contribution in [2.45, 2.75) is 26.8 Å². The molecule has 1 aliphatic rings. The second-order valence-corrected chi connectivity index (χ2v) is 7.00. The van der Waals surface area contributed by atoms with Crippen molar-refractivity contribution < 1.29 is 13.7 Å². The van der Waals surface area contributed by atoms with Crippen LogP contribution in [0.4, 0.5) is 4.39 Å². The molecule has 3 heterocycles. The lowest BCUT2D eigenvalue weighted by Gasteiger charge is -2.28. The fraction of sp³-hybridized carbons (Fsp3) is 0.368. The summed E-state index contributed by atoms with van der Waals surface area (Å²) in [5.74, 6) is 0.257. The van der Waals surface area contributed by atoms with Gasteiger partial charge in [0.05, 0.1) is 0 Å². The summed E-state index contributed by atoms with van der Waals surface area (Å²) in [5, 5.41) is 8.50. The van der Waals surface area contributed by atoms with Gasteiger partial charge in [0.2, 0.25) is 11.7 Å². The van der Waals surface area contributed by atoms with Gasteiger partial charge >= 0.3 is 0 Å². The minimum absolute atomic E-state index is 0.0605. The average Bonchev–Trinajstić information content (AvgIpc) is 3.26. The summed E-state index contributed by atoms with van der Waals surface area (Å²) in [6.07, 6.45) is 0.724. The Labute approximate surface area is 155 Å². The molecule has 0 bridgehead atoms. The first kappa shape index (κ1) is 17.4. The number of carbonyl (C=O) groups excluding carboxylic acids is 1. The highest BCUT2D eigenvalue weighted by Crippen LogP contribution is 2.30. The summed E-state index contributed by atoms with van der Waals surface area (Å²) in [4.78, 5) is 18.6. The highest BCUT2D eigenvalue weighted by Gasteiger charge is 2.30. The van der Waals surface area contributed by atoms with E-state index in [0.29, 0.717) is 30.2 Å². The maximum Gasteiger partial charge on any atom is 0.279 e. The molecule has 8 heteroatoms. The number of fused-ring (bicyclic) bond motifs is 1. The van der Waals surface area contributed by atoms with Crippen LogP contribution in [0.1, 0.15) is 25.1 Å². The third kappa shape index (κ3) is 3.11. The molecule has 0 radical (unpaired) electrons. The number of aromatic nitrogens is 4. The van der Waals surface area contributed by atoms with Gasteiger partial charge < -0.3 is 9.42 Å². The van der Waals surface area contributed by atoms with Gasteiger partial charge in [-0.1, -0.05) is 31.1 Å². The predicted octanol–water partition coefficient (Wildman–Crippen LogP) is 2.82. The van der Waals surface area contributed by atoms with E-state index >= 15 is 0 Å². The van der Waals surface area contributed by atoms with Crippen LogP contribution in [0, 0.1) is 11.7 Å². The number of hydrogen-bond acceptors (Lipinski definition) is 5. The predicted molar refractivity (Wildman–Crippen MR) is 95.9 cm³/mol. The summed E-state index contributed by atoms with van der Waals surface area (Å²) in [6.45, 7) is 4.92. The van der Waals surface area contributed by atoms with Crippen LogP contribution in [0.15, 0.2) is 28.8 Å². The van der Waals surface area contributed by atoms with Gasteiger partial charge in [0.1, 0.15) is 5.82 Å². The van der Waals surface area contributed by atoms with E-state index in [2.05, 4.69) is 15.2 Å². The van der Waals surface area contributed by atoms with Crippen molar-refractivity contribution in [3.63, 3.8) is 0 Å². The maximum absolute atomic E-state index is 13.5. The van der Waals surface area contributed by atoms with Gasteiger partial charge in [-0.05, 0) is 12.1 Å². The molecular weight excluding hydrogens is 349 g/mol. The van der Waals surface area contributed by atoms with Crippen LogP contribution in [-0.2, 0) is 24.8 Å². The maximum atomic E-state index is 13.5. The van der Waals surface area contributed by atoms with Crippen LogP contribution in [-0.4, -0.2) is 37.3 Å². The van der Waals surface area contributed by atoms with Crippen LogP contribution in [0.3, 0.4) is 0 Å². The Balaban J connectivity index is 1.69. The lowest BCUT2D eigenvalue weighted by Crippen LogP contribution is -2.38. The Morgan fingerprint density at radius 3 is 2.89 bits per heavy atom. The third-order valence-electron chi connectivity index (χ3n) is 4.76. The molecule has 0 aliphatic carbocycles. The van der Waals surface area contributed by atoms with Crippen molar-refractivity contribution in [1.29, 1.82) is 0 Å². The van der Waals surface area contributed by atoms with Gasteiger partial charge in [0.15, 0.2) is 5.69 Å². The van der Waals surface area contributed by atoms with Crippen molar-refractivity contribution in [3.05, 3.63) is 41.3 Å². The minimum atomic E-state index is -0.364. The highest BCUT2D eigenvalue weighted by molar-refractivity contribution is 5.78. The fourth-order valence-corrected chi connectivity index (χ4v) is 3.38. The molecule has 2 aromatic heterocycles. The minimum Gasteiger partial charge on any atom is -0.338 e. The molecule has 140 valence electrons. The van der Waals surface area contributed by atoms with Crippen molar-refractivity contribution in [3.8, 4) is 23.0 Å². The quantitative estimate of drug-likeness (QED) is 0.709. The number of carbonyl (C=O) groups is 1. The van der Waals surface area contributed by atoms with Gasteiger partial charge in [-0.3, -0.25) is 9.48 Å². The molecule has 0 atom stereocenters. The summed E-state index contributed by atoms with van der Waals surface area (Å²) in [7, 11) is 1.87. The van der Waals surface area contributed by atoms with Gasteiger partial charge in [0.25, 0.3) is 5.89 Å². The lowest BCUT2D eigenvalue weighted by molar-refractivity contribution is -0.135. The molecule has 0 saturated heterocycles. The van der Waals surface area contributed by atoms with Crippen LogP contribution < -0.4 is 0 Å². The fourth-order valence-electron chi connectivity index (χ4n) is 3.38. The second-order valence-electron chi connectivity index (χ2n) is 7.00. The highest BCUT2D eigenvalue weighted by atomic mass is 19.1. The van der Waals surface area contributed by atoms with E-state index in [1.54, 1.807) is 16.8 Å². The Bertz CT molecular complexity index is 1010. The number of rotatable bonds is 3. The molecule has 0 unspecified atom stereocenters. The first-order valence-electron chi connectivity index (χ1n) is 8.87. The molecule has 27 heavy (non-hydrogen) atoms. The molecule has 0 spiro atoms. The Morgan fingerprint density at radius 1 is 1.33 bits per heavy atom. The molecule has 0 fully saturated rings.